The second-order valence-corrected chi connectivity index (χ2v) is 5.42. The number of pyridine rings is 1. The van der Waals surface area contributed by atoms with Crippen molar-refractivity contribution in [3.63, 3.8) is 0 Å². The molecule has 0 bridgehead atoms. The van der Waals surface area contributed by atoms with Gasteiger partial charge in [-0.1, -0.05) is 12.1 Å². The third kappa shape index (κ3) is 2.32. The van der Waals surface area contributed by atoms with Crippen molar-refractivity contribution in [1.29, 1.82) is 0 Å². The van der Waals surface area contributed by atoms with Gasteiger partial charge in [0.1, 0.15) is 0 Å². The Morgan fingerprint density at radius 3 is 2.53 bits per heavy atom. The molecule has 100 valence electrons. The Morgan fingerprint density at radius 1 is 1.05 bits per heavy atom. The van der Waals surface area contributed by atoms with E-state index in [-0.39, 0.29) is 12.8 Å². The van der Waals surface area contributed by atoms with E-state index in [1.807, 2.05) is 30.3 Å². The minimum atomic E-state index is -2.55. The number of aromatic nitrogens is 1. The highest BCUT2D eigenvalue weighted by Gasteiger charge is 2.42. The lowest BCUT2D eigenvalue weighted by Crippen LogP contribution is -2.43. The van der Waals surface area contributed by atoms with Gasteiger partial charge in [-0.05, 0) is 36.6 Å². The molecule has 19 heavy (non-hydrogen) atoms. The minimum absolute atomic E-state index is 0.130. The molecule has 1 aliphatic carbocycles. The van der Waals surface area contributed by atoms with Crippen LogP contribution < -0.4 is 5.73 Å². The van der Waals surface area contributed by atoms with E-state index >= 15 is 0 Å². The lowest BCUT2D eigenvalue weighted by Gasteiger charge is -2.37. The Hall–Kier alpha value is -1.55. The predicted molar refractivity (Wildman–Crippen MR) is 71.0 cm³/mol. The number of fused-ring (bicyclic) bond motifs is 1. The molecule has 1 aliphatic rings. The van der Waals surface area contributed by atoms with Gasteiger partial charge in [-0.3, -0.25) is 4.98 Å². The van der Waals surface area contributed by atoms with Crippen molar-refractivity contribution in [2.75, 3.05) is 0 Å². The topological polar surface area (TPSA) is 38.9 Å². The summed E-state index contributed by atoms with van der Waals surface area (Å²) in [5, 5.41) is 1.00. The molecule has 4 heteroatoms. The first-order valence-corrected chi connectivity index (χ1v) is 6.51. The van der Waals surface area contributed by atoms with Crippen molar-refractivity contribution in [1.82, 2.24) is 4.98 Å². The highest BCUT2D eigenvalue weighted by molar-refractivity contribution is 5.79. The van der Waals surface area contributed by atoms with Gasteiger partial charge in [0.05, 0.1) is 5.52 Å². The van der Waals surface area contributed by atoms with Gasteiger partial charge < -0.3 is 5.73 Å². The molecule has 1 aromatic heterocycles. The fourth-order valence-electron chi connectivity index (χ4n) is 2.74. The molecule has 0 atom stereocenters. The highest BCUT2D eigenvalue weighted by Crippen LogP contribution is 2.42. The van der Waals surface area contributed by atoms with E-state index in [9.17, 15) is 8.78 Å². The second-order valence-electron chi connectivity index (χ2n) is 5.42. The van der Waals surface area contributed by atoms with Crippen LogP contribution in [0.15, 0.2) is 36.5 Å². The molecule has 0 saturated heterocycles. The largest absolute Gasteiger partial charge is 0.321 e. The summed E-state index contributed by atoms with van der Waals surface area (Å²) in [6, 6.07) is 9.63. The molecule has 0 aliphatic heterocycles. The van der Waals surface area contributed by atoms with E-state index in [1.54, 1.807) is 6.20 Å². The molecule has 2 N–H and O–H groups in total. The van der Waals surface area contributed by atoms with Crippen LogP contribution >= 0.6 is 0 Å². The number of nitrogens with zero attached hydrogens (tertiary/aromatic N) is 1. The lowest BCUT2D eigenvalue weighted by molar-refractivity contribution is -0.0513. The number of rotatable bonds is 1. The maximum absolute atomic E-state index is 13.3. The molecular formula is C15H16F2N2. The molecule has 0 spiro atoms. The molecule has 3 rings (SSSR count). The van der Waals surface area contributed by atoms with E-state index in [1.165, 1.54) is 0 Å². The predicted octanol–water partition coefficient (Wildman–Crippen LogP) is 3.60. The molecule has 1 heterocycles. The average Bonchev–Trinajstić information content (AvgIpc) is 2.42. The Balaban J connectivity index is 1.95. The summed E-state index contributed by atoms with van der Waals surface area (Å²) in [6.07, 6.45) is 2.13. The van der Waals surface area contributed by atoms with Gasteiger partial charge >= 0.3 is 0 Å². The van der Waals surface area contributed by atoms with Crippen molar-refractivity contribution in [3.05, 3.63) is 42.1 Å². The number of hydrogen-bond donors (Lipinski definition) is 1. The smallest absolute Gasteiger partial charge is 0.248 e. The summed E-state index contributed by atoms with van der Waals surface area (Å²) in [6.45, 7) is 0. The first-order valence-electron chi connectivity index (χ1n) is 6.51. The molecule has 2 aromatic rings. The van der Waals surface area contributed by atoms with Crippen LogP contribution in [0.25, 0.3) is 10.9 Å². The van der Waals surface area contributed by atoms with Crippen LogP contribution in [0.1, 0.15) is 31.2 Å². The number of hydrogen-bond acceptors (Lipinski definition) is 2. The number of benzene rings is 1. The maximum Gasteiger partial charge on any atom is 0.248 e. The van der Waals surface area contributed by atoms with Gasteiger partial charge in [-0.15, -0.1) is 0 Å². The quantitative estimate of drug-likeness (QED) is 0.852. The number of alkyl halides is 2. The first kappa shape index (κ1) is 12.5. The zero-order chi connectivity index (χ0) is 13.5. The molecule has 0 unspecified atom stereocenters. The van der Waals surface area contributed by atoms with Crippen molar-refractivity contribution >= 4 is 10.9 Å². The number of nitrogens with two attached hydrogens (primary N) is 1. The third-order valence-corrected chi connectivity index (χ3v) is 4.05. The Bertz CT molecular complexity index is 600. The third-order valence-electron chi connectivity index (χ3n) is 4.05. The van der Waals surface area contributed by atoms with Crippen LogP contribution in [0, 0.1) is 0 Å². The molecule has 1 fully saturated rings. The van der Waals surface area contributed by atoms with Crippen LogP contribution in [0.2, 0.25) is 0 Å². The monoisotopic (exact) mass is 262 g/mol. The summed E-state index contributed by atoms with van der Waals surface area (Å²) >= 11 is 0. The van der Waals surface area contributed by atoms with E-state index in [0.29, 0.717) is 12.8 Å². The normalized spacial score (nSPS) is 21.4. The molecule has 1 aromatic carbocycles. The maximum atomic E-state index is 13.3. The second kappa shape index (κ2) is 4.23. The molecule has 1 saturated carbocycles. The summed E-state index contributed by atoms with van der Waals surface area (Å²) in [5.74, 6) is -2.55. The molecular weight excluding hydrogens is 246 g/mol. The number of halogens is 2. The van der Waals surface area contributed by atoms with E-state index in [0.717, 1.165) is 16.5 Å². The Kier molecular flexibility index (Phi) is 2.78. The molecule has 2 nitrogen and oxygen atoms in total. The van der Waals surface area contributed by atoms with Gasteiger partial charge in [0.25, 0.3) is 0 Å². The first-order chi connectivity index (χ1) is 8.99. The highest BCUT2D eigenvalue weighted by atomic mass is 19.3. The van der Waals surface area contributed by atoms with Gasteiger partial charge in [-0.2, -0.15) is 0 Å². The molecule has 0 radical (unpaired) electrons. The lowest BCUT2D eigenvalue weighted by atomic mass is 9.76. The fourth-order valence-corrected chi connectivity index (χ4v) is 2.74. The van der Waals surface area contributed by atoms with E-state index in [2.05, 4.69) is 4.98 Å². The Labute approximate surface area is 110 Å². The summed E-state index contributed by atoms with van der Waals surface area (Å²) < 4.78 is 26.5. The van der Waals surface area contributed by atoms with Crippen LogP contribution in [-0.4, -0.2) is 10.9 Å². The van der Waals surface area contributed by atoms with Crippen LogP contribution in [0.5, 0.6) is 0 Å². The summed E-state index contributed by atoms with van der Waals surface area (Å²) in [5.41, 5.74) is 7.54. The zero-order valence-corrected chi connectivity index (χ0v) is 10.6. The van der Waals surface area contributed by atoms with Crippen molar-refractivity contribution in [3.8, 4) is 0 Å². The van der Waals surface area contributed by atoms with Crippen molar-refractivity contribution in [2.45, 2.75) is 37.1 Å². The standard InChI is InChI=1S/C15H16F2N2/c16-15(17)7-5-14(18,6-8-15)12-3-4-13-11(10-12)2-1-9-19-13/h1-4,9-10H,5-8,18H2. The SMILES string of the molecule is NC1(c2ccc3ncccc3c2)CCC(F)(F)CC1. The molecule has 0 amide bonds. The van der Waals surface area contributed by atoms with Gasteiger partial charge in [0.2, 0.25) is 5.92 Å². The average molecular weight is 262 g/mol. The van der Waals surface area contributed by atoms with E-state index in [4.69, 9.17) is 5.73 Å². The van der Waals surface area contributed by atoms with Crippen LogP contribution in [-0.2, 0) is 5.54 Å². The van der Waals surface area contributed by atoms with Crippen LogP contribution in [0.4, 0.5) is 8.78 Å². The van der Waals surface area contributed by atoms with Gasteiger partial charge in [0, 0.05) is 30.0 Å². The van der Waals surface area contributed by atoms with Crippen molar-refractivity contribution < 1.29 is 8.78 Å². The van der Waals surface area contributed by atoms with Gasteiger partial charge in [0.15, 0.2) is 0 Å². The van der Waals surface area contributed by atoms with Gasteiger partial charge in [-0.25, -0.2) is 8.78 Å². The van der Waals surface area contributed by atoms with Crippen molar-refractivity contribution in [2.24, 2.45) is 5.73 Å². The summed E-state index contributed by atoms with van der Waals surface area (Å²) in [4.78, 5) is 4.25. The minimum Gasteiger partial charge on any atom is -0.321 e. The van der Waals surface area contributed by atoms with E-state index < -0.39 is 11.5 Å². The summed E-state index contributed by atoms with van der Waals surface area (Å²) in [7, 11) is 0. The Morgan fingerprint density at radius 2 is 1.79 bits per heavy atom. The zero-order valence-electron chi connectivity index (χ0n) is 10.6. The fraction of sp³-hybridized carbons (Fsp3) is 0.400. The van der Waals surface area contributed by atoms with Crippen LogP contribution in [0.3, 0.4) is 0 Å².